The SMILES string of the molecule is CCN(CC)S(=O)(=O)c1ccc(C(=O)N2CCC(Oc3ncccc3Br)C2)cc1. The van der Waals surface area contributed by atoms with Crippen molar-refractivity contribution in [1.29, 1.82) is 0 Å². The first-order chi connectivity index (χ1) is 13.9. The van der Waals surface area contributed by atoms with E-state index in [1.807, 2.05) is 12.1 Å². The maximum atomic E-state index is 12.8. The highest BCUT2D eigenvalue weighted by atomic mass is 79.9. The van der Waals surface area contributed by atoms with Crippen LogP contribution < -0.4 is 4.74 Å². The van der Waals surface area contributed by atoms with Gasteiger partial charge in [0.25, 0.3) is 5.91 Å². The van der Waals surface area contributed by atoms with Gasteiger partial charge in [0.1, 0.15) is 6.10 Å². The second kappa shape index (κ2) is 9.23. The van der Waals surface area contributed by atoms with E-state index >= 15 is 0 Å². The van der Waals surface area contributed by atoms with Gasteiger partial charge in [-0.25, -0.2) is 13.4 Å². The van der Waals surface area contributed by atoms with E-state index in [1.54, 1.807) is 37.1 Å². The number of benzene rings is 1. The molecule has 1 saturated heterocycles. The number of rotatable bonds is 7. The maximum absolute atomic E-state index is 12.8. The third kappa shape index (κ3) is 4.79. The molecule has 0 N–H and O–H groups in total. The third-order valence-electron chi connectivity index (χ3n) is 4.88. The van der Waals surface area contributed by atoms with Crippen LogP contribution in [0.25, 0.3) is 0 Å². The summed E-state index contributed by atoms with van der Waals surface area (Å²) in [5.74, 6) is 0.376. The first-order valence-electron chi connectivity index (χ1n) is 9.53. The molecule has 0 radical (unpaired) electrons. The number of hydrogen-bond donors (Lipinski definition) is 0. The van der Waals surface area contributed by atoms with Gasteiger partial charge in [0.15, 0.2) is 0 Å². The number of pyridine rings is 1. The average Bonchev–Trinajstić information content (AvgIpc) is 3.18. The van der Waals surface area contributed by atoms with Crippen molar-refractivity contribution in [3.63, 3.8) is 0 Å². The molecule has 1 aromatic heterocycles. The van der Waals surface area contributed by atoms with Gasteiger partial charge in [0.05, 0.1) is 15.9 Å². The van der Waals surface area contributed by atoms with Gasteiger partial charge in [-0.05, 0) is 52.3 Å². The summed E-state index contributed by atoms with van der Waals surface area (Å²) in [7, 11) is -3.53. The van der Waals surface area contributed by atoms with Crippen molar-refractivity contribution < 1.29 is 17.9 Å². The summed E-state index contributed by atoms with van der Waals surface area (Å²) in [6, 6.07) is 9.80. The van der Waals surface area contributed by atoms with Crippen LogP contribution in [0.2, 0.25) is 0 Å². The molecule has 9 heteroatoms. The third-order valence-corrected chi connectivity index (χ3v) is 7.55. The molecule has 2 heterocycles. The molecule has 3 rings (SSSR count). The van der Waals surface area contributed by atoms with E-state index in [0.717, 1.165) is 4.47 Å². The first kappa shape index (κ1) is 21.7. The van der Waals surface area contributed by atoms with Crippen molar-refractivity contribution >= 4 is 31.9 Å². The summed E-state index contributed by atoms with van der Waals surface area (Å²) in [5.41, 5.74) is 0.461. The van der Waals surface area contributed by atoms with Crippen LogP contribution in [0.3, 0.4) is 0 Å². The van der Waals surface area contributed by atoms with Gasteiger partial charge in [-0.3, -0.25) is 4.79 Å². The fraction of sp³-hybridized carbons (Fsp3) is 0.400. The Morgan fingerprint density at radius 3 is 2.55 bits per heavy atom. The van der Waals surface area contributed by atoms with Crippen molar-refractivity contribution in [3.05, 3.63) is 52.6 Å². The monoisotopic (exact) mass is 481 g/mol. The smallest absolute Gasteiger partial charge is 0.253 e. The van der Waals surface area contributed by atoms with Gasteiger partial charge in [-0.2, -0.15) is 4.31 Å². The molecule has 29 heavy (non-hydrogen) atoms. The molecule has 156 valence electrons. The van der Waals surface area contributed by atoms with E-state index < -0.39 is 10.0 Å². The Kier molecular flexibility index (Phi) is 6.92. The lowest BCUT2D eigenvalue weighted by Gasteiger charge is -2.19. The van der Waals surface area contributed by atoms with Gasteiger partial charge in [-0.15, -0.1) is 0 Å². The maximum Gasteiger partial charge on any atom is 0.253 e. The van der Waals surface area contributed by atoms with Crippen molar-refractivity contribution in [1.82, 2.24) is 14.2 Å². The zero-order chi connectivity index (χ0) is 21.0. The number of ether oxygens (including phenoxy) is 1. The van der Waals surface area contributed by atoms with E-state index in [-0.39, 0.29) is 16.9 Å². The van der Waals surface area contributed by atoms with Crippen molar-refractivity contribution in [2.75, 3.05) is 26.2 Å². The van der Waals surface area contributed by atoms with Crippen LogP contribution in [0, 0.1) is 0 Å². The van der Waals surface area contributed by atoms with Gasteiger partial charge in [0.2, 0.25) is 15.9 Å². The van der Waals surface area contributed by atoms with Crippen molar-refractivity contribution in [3.8, 4) is 5.88 Å². The summed E-state index contributed by atoms with van der Waals surface area (Å²) in [6.45, 7) is 5.44. The Labute approximate surface area is 179 Å². The molecule has 1 aromatic carbocycles. The zero-order valence-electron chi connectivity index (χ0n) is 16.4. The van der Waals surface area contributed by atoms with Gasteiger partial charge in [-0.1, -0.05) is 13.8 Å². The molecule has 1 aliphatic rings. The largest absolute Gasteiger partial charge is 0.472 e. The molecule has 2 aromatic rings. The van der Waals surface area contributed by atoms with Crippen LogP contribution >= 0.6 is 15.9 Å². The highest BCUT2D eigenvalue weighted by molar-refractivity contribution is 9.10. The lowest BCUT2D eigenvalue weighted by molar-refractivity contribution is 0.0771. The van der Waals surface area contributed by atoms with E-state index in [9.17, 15) is 13.2 Å². The number of amides is 1. The highest BCUT2D eigenvalue weighted by Crippen LogP contribution is 2.25. The first-order valence-corrected chi connectivity index (χ1v) is 11.8. The van der Waals surface area contributed by atoms with E-state index in [4.69, 9.17) is 4.74 Å². The number of likely N-dealkylation sites (tertiary alicyclic amines) is 1. The Morgan fingerprint density at radius 1 is 1.24 bits per heavy atom. The lowest BCUT2D eigenvalue weighted by atomic mass is 10.2. The summed E-state index contributed by atoms with van der Waals surface area (Å²) >= 11 is 3.41. The topological polar surface area (TPSA) is 79.8 Å². The Hall–Kier alpha value is -1.97. The molecular formula is C20H24BrN3O4S. The fourth-order valence-electron chi connectivity index (χ4n) is 3.29. The molecule has 1 aliphatic heterocycles. The number of nitrogens with zero attached hydrogens (tertiary/aromatic N) is 3. The number of aromatic nitrogens is 1. The molecule has 1 unspecified atom stereocenters. The molecule has 1 fully saturated rings. The van der Waals surface area contributed by atoms with E-state index in [0.29, 0.717) is 44.0 Å². The van der Waals surface area contributed by atoms with E-state index in [2.05, 4.69) is 20.9 Å². The second-order valence-electron chi connectivity index (χ2n) is 6.68. The fourth-order valence-corrected chi connectivity index (χ4v) is 5.10. The number of carbonyl (C=O) groups excluding carboxylic acids is 1. The van der Waals surface area contributed by atoms with Crippen LogP contribution in [0.1, 0.15) is 30.6 Å². The minimum absolute atomic E-state index is 0.132. The number of halogens is 1. The molecule has 0 spiro atoms. The number of hydrogen-bond acceptors (Lipinski definition) is 5. The summed E-state index contributed by atoms with van der Waals surface area (Å²) < 4.78 is 33.2. The molecule has 0 bridgehead atoms. The molecule has 0 aliphatic carbocycles. The van der Waals surface area contributed by atoms with Crippen LogP contribution in [0.4, 0.5) is 0 Å². The van der Waals surface area contributed by atoms with Crippen molar-refractivity contribution in [2.45, 2.75) is 31.3 Å². The van der Waals surface area contributed by atoms with Crippen molar-refractivity contribution in [2.24, 2.45) is 0 Å². The highest BCUT2D eigenvalue weighted by Gasteiger charge is 2.29. The molecular weight excluding hydrogens is 458 g/mol. The minimum Gasteiger partial charge on any atom is -0.472 e. The Balaban J connectivity index is 1.66. The quantitative estimate of drug-likeness (QED) is 0.606. The average molecular weight is 482 g/mol. The van der Waals surface area contributed by atoms with Crippen LogP contribution in [-0.2, 0) is 10.0 Å². The summed E-state index contributed by atoms with van der Waals surface area (Å²) in [5, 5.41) is 0. The molecule has 0 saturated carbocycles. The summed E-state index contributed by atoms with van der Waals surface area (Å²) in [6.07, 6.45) is 2.24. The van der Waals surface area contributed by atoms with Gasteiger partial charge >= 0.3 is 0 Å². The Bertz CT molecular complexity index is 962. The predicted octanol–water partition coefficient (Wildman–Crippen LogP) is 3.17. The van der Waals surface area contributed by atoms with Crippen LogP contribution in [-0.4, -0.2) is 60.8 Å². The lowest BCUT2D eigenvalue weighted by Crippen LogP contribution is -2.32. The predicted molar refractivity (Wildman–Crippen MR) is 113 cm³/mol. The normalized spacial score (nSPS) is 17.0. The number of carbonyl (C=O) groups is 1. The molecule has 1 atom stereocenters. The molecule has 7 nitrogen and oxygen atoms in total. The minimum atomic E-state index is -3.53. The van der Waals surface area contributed by atoms with Gasteiger partial charge in [0, 0.05) is 37.8 Å². The van der Waals surface area contributed by atoms with Gasteiger partial charge < -0.3 is 9.64 Å². The zero-order valence-corrected chi connectivity index (χ0v) is 18.8. The Morgan fingerprint density at radius 2 is 1.93 bits per heavy atom. The van der Waals surface area contributed by atoms with E-state index in [1.165, 1.54) is 16.4 Å². The second-order valence-corrected chi connectivity index (χ2v) is 9.48. The standard InChI is InChI=1S/C20H24BrN3O4S/c1-3-24(4-2)29(26,27)17-9-7-15(8-10-17)20(25)23-13-11-16(14-23)28-19-18(21)6-5-12-22-19/h5-10,12,16H,3-4,11,13-14H2,1-2H3. The summed E-state index contributed by atoms with van der Waals surface area (Å²) in [4.78, 5) is 18.9. The molecule has 1 amide bonds. The number of sulfonamides is 1. The van der Waals surface area contributed by atoms with Crippen LogP contribution in [0.15, 0.2) is 52.0 Å². The van der Waals surface area contributed by atoms with Crippen LogP contribution in [0.5, 0.6) is 5.88 Å².